The van der Waals surface area contributed by atoms with E-state index < -0.39 is 98.3 Å². The van der Waals surface area contributed by atoms with E-state index in [2.05, 4.69) is 0 Å². The Morgan fingerprint density at radius 2 is 1.21 bits per heavy atom. The van der Waals surface area contributed by atoms with Gasteiger partial charge in [0.2, 0.25) is 0 Å². The predicted molar refractivity (Wildman–Crippen MR) is 110 cm³/mol. The zero-order chi connectivity index (χ0) is 24.6. The second-order valence-electron chi connectivity index (χ2n) is 8.88. The molecule has 3 fully saturated rings. The second kappa shape index (κ2) is 11.0. The second-order valence-corrected chi connectivity index (χ2v) is 8.88. The monoisotopic (exact) mass is 483 g/mol. The molecule has 15 nitrogen and oxygen atoms in total. The van der Waals surface area contributed by atoms with E-state index in [0.29, 0.717) is 0 Å². The molecule has 0 aromatic heterocycles. The van der Waals surface area contributed by atoms with E-state index in [1.165, 1.54) is 0 Å². The lowest BCUT2D eigenvalue weighted by atomic mass is 9.84. The normalized spacial score (nSPS) is 53.7. The van der Waals surface area contributed by atoms with Gasteiger partial charge in [0.05, 0.1) is 18.7 Å². The maximum atomic E-state index is 11.0. The van der Waals surface area contributed by atoms with Gasteiger partial charge in [-0.1, -0.05) is 0 Å². The number of aliphatic hydroxyl groups excluding tert-OH is 6. The molecule has 15 heteroatoms. The molecule has 0 spiro atoms. The standard InChI is InChI=1S/C18H37N5O10/c19-2-6-11(26)12(27)9(23)17(30-6)32-15-4(20)1-5(21)16(14(15)29)33-18-13(28)8(22)10(25)7(3-24)31-18/h4-18,24-29H,1-3,19-23H2/t4?,5-,6?,7?,8?,9?,10?,11?,12?,13?,14?,15?,16+,17-,18+/m0/s1. The van der Waals surface area contributed by atoms with Crippen molar-refractivity contribution in [1.82, 2.24) is 0 Å². The molecule has 1 saturated carbocycles. The first-order valence-electron chi connectivity index (χ1n) is 10.9. The highest BCUT2D eigenvalue weighted by Crippen LogP contribution is 2.30. The number of aliphatic hydroxyl groups is 6. The molecule has 16 N–H and O–H groups in total. The van der Waals surface area contributed by atoms with Crippen LogP contribution in [0.2, 0.25) is 0 Å². The molecule has 2 saturated heterocycles. The molecule has 11 unspecified atom stereocenters. The minimum Gasteiger partial charge on any atom is -0.394 e. The van der Waals surface area contributed by atoms with Gasteiger partial charge in [0.1, 0.15) is 54.9 Å². The third-order valence-corrected chi connectivity index (χ3v) is 6.56. The predicted octanol–water partition coefficient (Wildman–Crippen LogP) is -7.33. The van der Waals surface area contributed by atoms with Crippen LogP contribution in [0.5, 0.6) is 0 Å². The number of hydrogen-bond acceptors (Lipinski definition) is 15. The van der Waals surface area contributed by atoms with Crippen LogP contribution in [0.1, 0.15) is 6.42 Å². The van der Waals surface area contributed by atoms with Gasteiger partial charge in [-0.05, 0) is 6.42 Å². The third-order valence-electron chi connectivity index (χ3n) is 6.56. The van der Waals surface area contributed by atoms with Crippen molar-refractivity contribution in [3.63, 3.8) is 0 Å². The fourth-order valence-electron chi connectivity index (χ4n) is 4.45. The van der Waals surface area contributed by atoms with E-state index >= 15 is 0 Å². The third kappa shape index (κ3) is 5.32. The minimum atomic E-state index is -1.48. The van der Waals surface area contributed by atoms with Crippen molar-refractivity contribution in [1.29, 1.82) is 0 Å². The van der Waals surface area contributed by atoms with Gasteiger partial charge in [-0.15, -0.1) is 0 Å². The van der Waals surface area contributed by atoms with Gasteiger partial charge in [0.15, 0.2) is 12.6 Å². The van der Waals surface area contributed by atoms with Crippen molar-refractivity contribution in [2.24, 2.45) is 28.7 Å². The van der Waals surface area contributed by atoms with Crippen LogP contribution < -0.4 is 28.7 Å². The Balaban J connectivity index is 1.72. The van der Waals surface area contributed by atoms with Gasteiger partial charge in [-0.3, -0.25) is 0 Å². The summed E-state index contributed by atoms with van der Waals surface area (Å²) in [6.45, 7) is -0.694. The van der Waals surface area contributed by atoms with Crippen LogP contribution in [0.3, 0.4) is 0 Å². The van der Waals surface area contributed by atoms with Crippen molar-refractivity contribution in [3.05, 3.63) is 0 Å². The first-order valence-corrected chi connectivity index (χ1v) is 10.9. The van der Waals surface area contributed by atoms with Crippen molar-refractivity contribution in [2.75, 3.05) is 13.2 Å². The van der Waals surface area contributed by atoms with Crippen molar-refractivity contribution >= 4 is 0 Å². The summed E-state index contributed by atoms with van der Waals surface area (Å²) in [6.07, 6.45) is -13.9. The zero-order valence-electron chi connectivity index (χ0n) is 18.0. The number of nitrogens with two attached hydrogens (primary N) is 5. The van der Waals surface area contributed by atoms with Crippen molar-refractivity contribution in [3.8, 4) is 0 Å². The fraction of sp³-hybridized carbons (Fsp3) is 1.00. The van der Waals surface area contributed by atoms with E-state index in [-0.39, 0.29) is 13.0 Å². The first kappa shape index (κ1) is 27.0. The average molecular weight is 484 g/mol. The highest BCUT2D eigenvalue weighted by molar-refractivity contribution is 5.01. The van der Waals surface area contributed by atoms with E-state index in [1.807, 2.05) is 0 Å². The topological polar surface area (TPSA) is 288 Å². The lowest BCUT2D eigenvalue weighted by molar-refractivity contribution is -0.318. The Labute approximate surface area is 190 Å². The Bertz CT molecular complexity index is 585. The maximum absolute atomic E-state index is 11.0. The van der Waals surface area contributed by atoms with Crippen LogP contribution in [-0.4, -0.2) is 135 Å². The summed E-state index contributed by atoms with van der Waals surface area (Å²) in [5.74, 6) is 0. The molecule has 0 radical (unpaired) electrons. The molecule has 3 rings (SSSR count). The fourth-order valence-corrected chi connectivity index (χ4v) is 4.45. The molecule has 0 amide bonds. The van der Waals surface area contributed by atoms with E-state index in [0.717, 1.165) is 0 Å². The largest absolute Gasteiger partial charge is 0.394 e. The van der Waals surface area contributed by atoms with Gasteiger partial charge in [0.25, 0.3) is 0 Å². The van der Waals surface area contributed by atoms with Gasteiger partial charge in [0, 0.05) is 18.6 Å². The zero-order valence-corrected chi connectivity index (χ0v) is 18.0. The van der Waals surface area contributed by atoms with Crippen molar-refractivity contribution in [2.45, 2.75) is 98.1 Å². The van der Waals surface area contributed by atoms with Crippen LogP contribution in [0.25, 0.3) is 0 Å². The Hall–Kier alpha value is -0.600. The molecule has 2 heterocycles. The van der Waals surface area contributed by atoms with Crippen LogP contribution in [0, 0.1) is 0 Å². The molecule has 0 aromatic rings. The Morgan fingerprint density at radius 3 is 1.76 bits per heavy atom. The summed E-state index contributed by atoms with van der Waals surface area (Å²) in [7, 11) is 0. The lowest BCUT2D eigenvalue weighted by Crippen LogP contribution is -2.69. The summed E-state index contributed by atoms with van der Waals surface area (Å²) < 4.78 is 22.5. The Kier molecular flexibility index (Phi) is 8.99. The molecule has 194 valence electrons. The minimum absolute atomic E-state index is 0.115. The van der Waals surface area contributed by atoms with Crippen LogP contribution in [0.15, 0.2) is 0 Å². The molecule has 3 aliphatic rings. The summed E-state index contributed by atoms with van der Waals surface area (Å²) in [5, 5.41) is 60.9. The highest BCUT2D eigenvalue weighted by Gasteiger charge is 2.51. The molecule has 0 aromatic carbocycles. The lowest BCUT2D eigenvalue weighted by Gasteiger charge is -2.48. The first-order chi connectivity index (χ1) is 15.5. The highest BCUT2D eigenvalue weighted by atomic mass is 16.7. The van der Waals surface area contributed by atoms with Gasteiger partial charge >= 0.3 is 0 Å². The molecule has 2 aliphatic heterocycles. The summed E-state index contributed by atoms with van der Waals surface area (Å²) in [5.41, 5.74) is 29.6. The van der Waals surface area contributed by atoms with Crippen LogP contribution in [0.4, 0.5) is 0 Å². The van der Waals surface area contributed by atoms with Gasteiger partial charge < -0.3 is 78.3 Å². The average Bonchev–Trinajstić information content (AvgIpc) is 2.79. The van der Waals surface area contributed by atoms with Gasteiger partial charge in [-0.2, -0.15) is 0 Å². The maximum Gasteiger partial charge on any atom is 0.186 e. The molecule has 33 heavy (non-hydrogen) atoms. The SMILES string of the molecule is NCC1O[C@@H](OC2C(N)C[C@H](N)[C@@H](O[C@H]3OC(CO)C(O)C(N)C3O)C2O)C(N)C(O)C1O. The van der Waals surface area contributed by atoms with E-state index in [4.69, 9.17) is 47.6 Å². The quantitative estimate of drug-likeness (QED) is 0.167. The summed E-state index contributed by atoms with van der Waals surface area (Å²) in [4.78, 5) is 0. The molecule has 1 aliphatic carbocycles. The molecular weight excluding hydrogens is 446 g/mol. The molecular formula is C18H37N5O10. The van der Waals surface area contributed by atoms with Crippen LogP contribution in [-0.2, 0) is 18.9 Å². The van der Waals surface area contributed by atoms with Crippen LogP contribution >= 0.6 is 0 Å². The van der Waals surface area contributed by atoms with Gasteiger partial charge in [-0.25, -0.2) is 0 Å². The summed E-state index contributed by atoms with van der Waals surface area (Å²) in [6, 6.07) is -3.92. The number of rotatable bonds is 6. The summed E-state index contributed by atoms with van der Waals surface area (Å²) >= 11 is 0. The smallest absolute Gasteiger partial charge is 0.186 e. The number of ether oxygens (including phenoxy) is 4. The Morgan fingerprint density at radius 1 is 0.667 bits per heavy atom. The van der Waals surface area contributed by atoms with Crippen molar-refractivity contribution < 1.29 is 49.6 Å². The molecule has 0 bridgehead atoms. The number of hydrogen-bond donors (Lipinski definition) is 11. The van der Waals surface area contributed by atoms with E-state index in [9.17, 15) is 30.6 Å². The van der Waals surface area contributed by atoms with E-state index in [1.54, 1.807) is 0 Å². The molecule has 15 atom stereocenters.